The summed E-state index contributed by atoms with van der Waals surface area (Å²) >= 11 is 0. The summed E-state index contributed by atoms with van der Waals surface area (Å²) in [5.41, 5.74) is 5.40. The third-order valence-electron chi connectivity index (χ3n) is 14.5. The molecule has 2 atom stereocenters. The molecule has 91 heavy (non-hydrogen) atoms. The van der Waals surface area contributed by atoms with Crippen molar-refractivity contribution in [1.82, 2.24) is 0 Å². The molecule has 0 fully saturated rings. The van der Waals surface area contributed by atoms with Crippen LogP contribution in [-0.2, 0) is 32.7 Å². The van der Waals surface area contributed by atoms with Crippen LogP contribution in [0.25, 0.3) is 0 Å². The molecule has 10 heteroatoms. The molecule has 0 saturated carbocycles. The number of carbonyl (C=O) groups is 2. The van der Waals surface area contributed by atoms with Gasteiger partial charge >= 0.3 is 19.8 Å². The number of esters is 2. The van der Waals surface area contributed by atoms with Gasteiger partial charge in [0.15, 0.2) is 6.10 Å². The second kappa shape index (κ2) is 73.9. The van der Waals surface area contributed by atoms with E-state index >= 15 is 0 Å². The van der Waals surface area contributed by atoms with E-state index in [0.29, 0.717) is 12.8 Å². The Hall–Kier alpha value is -5.15. The molecule has 0 amide bonds. The molecule has 0 aromatic heterocycles. The molecule has 0 aliphatic carbocycles. The van der Waals surface area contributed by atoms with E-state index in [1.807, 2.05) is 0 Å². The zero-order valence-electron chi connectivity index (χ0n) is 57.5. The van der Waals surface area contributed by atoms with Gasteiger partial charge in [-0.15, -0.1) is 0 Å². The second-order valence-electron chi connectivity index (χ2n) is 23.0. The number of phosphoric ester groups is 1. The van der Waals surface area contributed by atoms with Gasteiger partial charge in [0.25, 0.3) is 0 Å². The predicted molar refractivity (Wildman–Crippen MR) is 394 cm³/mol. The first-order valence-electron chi connectivity index (χ1n) is 35.9. The third-order valence-corrected chi connectivity index (χ3v) is 15.5. The number of unbranched alkanes of at least 4 members (excludes halogenated alkanes) is 20. The van der Waals surface area contributed by atoms with Crippen LogP contribution in [0.5, 0.6) is 0 Å². The molecule has 0 bridgehead atoms. The molecule has 0 saturated heterocycles. The summed E-state index contributed by atoms with van der Waals surface area (Å²) in [4.78, 5) is 35.4. The number of carbonyl (C=O) groups excluding carboxylic acids is 2. The van der Waals surface area contributed by atoms with Crippen LogP contribution in [0.4, 0.5) is 0 Å². The van der Waals surface area contributed by atoms with E-state index in [1.165, 1.54) is 77.0 Å². The van der Waals surface area contributed by atoms with Gasteiger partial charge in [0.2, 0.25) is 0 Å². The van der Waals surface area contributed by atoms with Crippen molar-refractivity contribution in [2.24, 2.45) is 5.73 Å². The summed E-state index contributed by atoms with van der Waals surface area (Å²) < 4.78 is 33.2. The minimum atomic E-state index is -4.41. The smallest absolute Gasteiger partial charge is 0.462 e. The summed E-state index contributed by atoms with van der Waals surface area (Å²) in [7, 11) is -4.41. The van der Waals surface area contributed by atoms with Crippen LogP contribution < -0.4 is 5.73 Å². The number of hydrogen-bond donors (Lipinski definition) is 2. The Bertz CT molecular complexity index is 2200. The van der Waals surface area contributed by atoms with Crippen molar-refractivity contribution in [3.8, 4) is 0 Å². The van der Waals surface area contributed by atoms with Crippen molar-refractivity contribution < 1.29 is 37.6 Å². The van der Waals surface area contributed by atoms with Gasteiger partial charge in [0.05, 0.1) is 13.2 Å². The summed E-state index contributed by atoms with van der Waals surface area (Å²) in [6.45, 7) is 3.50. The fourth-order valence-corrected chi connectivity index (χ4v) is 10.0. The lowest BCUT2D eigenvalue weighted by Crippen LogP contribution is -2.29. The van der Waals surface area contributed by atoms with Crippen LogP contribution in [0.3, 0.4) is 0 Å². The summed E-state index contributed by atoms with van der Waals surface area (Å²) in [5, 5.41) is 0. The first kappa shape index (κ1) is 85.8. The molecule has 0 aliphatic rings. The first-order chi connectivity index (χ1) is 44.8. The second-order valence-corrected chi connectivity index (χ2v) is 24.4. The van der Waals surface area contributed by atoms with Crippen LogP contribution in [0.15, 0.2) is 194 Å². The number of allylic oxidation sites excluding steroid dienone is 32. The third kappa shape index (κ3) is 73.8. The van der Waals surface area contributed by atoms with E-state index in [0.717, 1.165) is 154 Å². The Morgan fingerprint density at radius 3 is 0.846 bits per heavy atom. The van der Waals surface area contributed by atoms with E-state index in [9.17, 15) is 19.0 Å². The van der Waals surface area contributed by atoms with Crippen molar-refractivity contribution in [3.63, 3.8) is 0 Å². The van der Waals surface area contributed by atoms with Crippen molar-refractivity contribution >= 4 is 19.8 Å². The van der Waals surface area contributed by atoms with Crippen molar-refractivity contribution in [2.75, 3.05) is 26.4 Å². The average molecular weight is 1280 g/mol. The normalized spacial score (nSPS) is 14.1. The molecule has 0 spiro atoms. The molecule has 0 heterocycles. The SMILES string of the molecule is CC/C=C\C/C=C\C/C=C\C/C=C\C/C=C\C/C=C\C/C=C\C/C=C\C/C=C\CCCCCCCCCCCCCC(=O)OC(COC(=O)CCCCCCCCCCC/C=C\C/C=C\C/C=C\C/C=C\C/C=C\C/C=C\C/C=C\CC)COP(=O)(O)OCCN. The Morgan fingerprint density at radius 2 is 0.571 bits per heavy atom. The lowest BCUT2D eigenvalue weighted by atomic mass is 10.0. The highest BCUT2D eigenvalue weighted by atomic mass is 31.2. The van der Waals surface area contributed by atoms with Crippen molar-refractivity contribution in [3.05, 3.63) is 194 Å². The fraction of sp³-hybridized carbons (Fsp3) is 0.580. The summed E-state index contributed by atoms with van der Waals surface area (Å²) in [5.74, 6) is -0.848. The van der Waals surface area contributed by atoms with Gasteiger partial charge in [-0.05, 0) is 141 Å². The van der Waals surface area contributed by atoms with E-state index in [2.05, 4.69) is 208 Å². The quantitative estimate of drug-likeness (QED) is 0.0264. The van der Waals surface area contributed by atoms with Gasteiger partial charge in [-0.3, -0.25) is 18.6 Å². The Balaban J connectivity index is 3.98. The van der Waals surface area contributed by atoms with Crippen LogP contribution in [0.1, 0.15) is 271 Å². The number of phosphoric acid groups is 1. The van der Waals surface area contributed by atoms with Gasteiger partial charge in [0.1, 0.15) is 6.61 Å². The van der Waals surface area contributed by atoms with Crippen LogP contribution in [-0.4, -0.2) is 49.3 Å². The Morgan fingerprint density at radius 1 is 0.330 bits per heavy atom. The van der Waals surface area contributed by atoms with E-state index in [1.54, 1.807) is 0 Å². The van der Waals surface area contributed by atoms with Crippen LogP contribution in [0, 0.1) is 0 Å². The maximum Gasteiger partial charge on any atom is 0.472 e. The maximum atomic E-state index is 12.8. The molecule has 512 valence electrons. The monoisotopic (exact) mass is 1280 g/mol. The maximum absolute atomic E-state index is 12.8. The lowest BCUT2D eigenvalue weighted by Gasteiger charge is -2.19. The summed E-state index contributed by atoms with van der Waals surface area (Å²) in [6, 6.07) is 0. The standard InChI is InChI=1S/C81H130NO8P/c1-3-5-7-9-11-13-15-17-19-21-23-25-27-29-31-33-35-36-37-38-39-40-41-42-44-46-48-50-52-54-56-58-60-62-64-66-68-70-72-74-81(84)90-79(78-89-91(85,86)88-76-75-82)77-87-80(83)73-71-69-67-65-63-61-59-57-55-53-51-49-47-45-43-34-32-30-28-26-24-22-20-18-16-14-12-10-8-6-4-2/h5-8,11-14,17-20,23-26,29-32,35-36,38-39,41-43,45-46,48-49,51,79H,3-4,9-10,15-16,21-22,27-28,33-34,37,40,44,47,50,52-78,82H2,1-2H3,(H,85,86)/b7-5-,8-6-,13-11-,14-12-,19-17-,20-18-,25-23-,26-24-,31-29-,32-30-,36-35-,39-38-,42-41-,45-43-,48-46-,51-49-. The van der Waals surface area contributed by atoms with Gasteiger partial charge in [-0.2, -0.15) is 0 Å². The predicted octanol–water partition coefficient (Wildman–Crippen LogP) is 24.1. The van der Waals surface area contributed by atoms with Crippen molar-refractivity contribution in [2.45, 2.75) is 277 Å². The molecular formula is C81H130NO8P. The van der Waals surface area contributed by atoms with Crippen molar-refractivity contribution in [1.29, 1.82) is 0 Å². The number of rotatable bonds is 65. The zero-order valence-corrected chi connectivity index (χ0v) is 58.4. The van der Waals surface area contributed by atoms with Gasteiger partial charge in [-0.25, -0.2) is 4.57 Å². The molecule has 0 aromatic carbocycles. The molecule has 9 nitrogen and oxygen atoms in total. The average Bonchev–Trinajstić information content (AvgIpc) is 3.71. The largest absolute Gasteiger partial charge is 0.472 e. The van der Waals surface area contributed by atoms with Gasteiger partial charge < -0.3 is 20.1 Å². The molecule has 0 rings (SSSR count). The van der Waals surface area contributed by atoms with Crippen LogP contribution >= 0.6 is 7.82 Å². The molecule has 3 N–H and O–H groups in total. The minimum Gasteiger partial charge on any atom is -0.462 e. The zero-order chi connectivity index (χ0) is 65.8. The van der Waals surface area contributed by atoms with Gasteiger partial charge in [0, 0.05) is 19.4 Å². The Kier molecular flexibility index (Phi) is 69.7. The highest BCUT2D eigenvalue weighted by molar-refractivity contribution is 7.47. The van der Waals surface area contributed by atoms with E-state index < -0.39 is 32.5 Å². The van der Waals surface area contributed by atoms with Gasteiger partial charge in [-0.1, -0.05) is 311 Å². The Labute approximate surface area is 557 Å². The molecule has 0 radical (unpaired) electrons. The topological polar surface area (TPSA) is 134 Å². The lowest BCUT2D eigenvalue weighted by molar-refractivity contribution is -0.161. The first-order valence-corrected chi connectivity index (χ1v) is 37.4. The number of hydrogen-bond acceptors (Lipinski definition) is 8. The molecular weight excluding hydrogens is 1150 g/mol. The highest BCUT2D eigenvalue weighted by Gasteiger charge is 2.26. The van der Waals surface area contributed by atoms with E-state index in [-0.39, 0.29) is 32.6 Å². The van der Waals surface area contributed by atoms with E-state index in [4.69, 9.17) is 24.3 Å². The molecule has 2 unspecified atom stereocenters. The van der Waals surface area contributed by atoms with Crippen LogP contribution in [0.2, 0.25) is 0 Å². The number of nitrogens with two attached hydrogens (primary N) is 1. The fourth-order valence-electron chi connectivity index (χ4n) is 9.26. The molecule has 0 aliphatic heterocycles. The highest BCUT2D eigenvalue weighted by Crippen LogP contribution is 2.43. The summed E-state index contributed by atoms with van der Waals surface area (Å²) in [6.07, 6.45) is 112. The number of ether oxygens (including phenoxy) is 2. The minimum absolute atomic E-state index is 0.0427. The molecule has 0 aromatic rings.